The minimum Gasteiger partial charge on any atom is -0.548 e. The van der Waals surface area contributed by atoms with E-state index in [1.807, 2.05) is 55.5 Å². The van der Waals surface area contributed by atoms with Gasteiger partial charge in [-0.15, -0.1) is 0 Å². The fourth-order valence-electron chi connectivity index (χ4n) is 3.74. The molecule has 0 N–H and O–H groups in total. The van der Waals surface area contributed by atoms with Crippen molar-refractivity contribution in [2.45, 2.75) is 52.6 Å². The van der Waals surface area contributed by atoms with Crippen LogP contribution in [-0.4, -0.2) is 38.3 Å². The second-order valence-electron chi connectivity index (χ2n) is 8.08. The first-order chi connectivity index (χ1) is 15.4. The van der Waals surface area contributed by atoms with E-state index >= 15 is 0 Å². The summed E-state index contributed by atoms with van der Waals surface area (Å²) in [5.41, 5.74) is 3.53. The number of benzene rings is 2. The van der Waals surface area contributed by atoms with Gasteiger partial charge in [-0.05, 0) is 34.6 Å². The van der Waals surface area contributed by atoms with E-state index in [9.17, 15) is 14.7 Å². The van der Waals surface area contributed by atoms with Crippen molar-refractivity contribution >= 4 is 11.9 Å². The van der Waals surface area contributed by atoms with Gasteiger partial charge in [0.05, 0.1) is 12.0 Å². The summed E-state index contributed by atoms with van der Waals surface area (Å²) in [6.45, 7) is 5.78. The van der Waals surface area contributed by atoms with Crippen LogP contribution in [0.4, 0.5) is 0 Å². The topological polar surface area (TPSA) is 113 Å². The number of tetrazole rings is 1. The second-order valence-corrected chi connectivity index (χ2v) is 8.08. The zero-order chi connectivity index (χ0) is 23.1. The number of carbonyl (C=O) groups excluding carboxylic acids is 2. The predicted molar refractivity (Wildman–Crippen MR) is 118 cm³/mol. The molecular formula is C24H27N5NaO3-. The molecule has 33 heavy (non-hydrogen) atoms. The van der Waals surface area contributed by atoms with Crippen molar-refractivity contribution in [1.29, 1.82) is 0 Å². The van der Waals surface area contributed by atoms with Gasteiger partial charge < -0.3 is 19.9 Å². The number of amides is 1. The summed E-state index contributed by atoms with van der Waals surface area (Å²) in [6.07, 6.45) is 1.90. The van der Waals surface area contributed by atoms with Gasteiger partial charge in [0.2, 0.25) is 5.91 Å². The van der Waals surface area contributed by atoms with Crippen molar-refractivity contribution < 1.29 is 44.3 Å². The Morgan fingerprint density at radius 3 is 2.27 bits per heavy atom. The summed E-state index contributed by atoms with van der Waals surface area (Å²) in [7, 11) is 0. The van der Waals surface area contributed by atoms with Gasteiger partial charge in [-0.3, -0.25) is 15.1 Å². The summed E-state index contributed by atoms with van der Waals surface area (Å²) in [6, 6.07) is 14.4. The molecule has 0 spiro atoms. The van der Waals surface area contributed by atoms with Gasteiger partial charge in [0.25, 0.3) is 0 Å². The molecule has 0 saturated carbocycles. The molecule has 9 heteroatoms. The molecule has 1 amide bonds. The number of hydrogen-bond donors (Lipinski definition) is 0. The van der Waals surface area contributed by atoms with E-state index in [0.717, 1.165) is 35.1 Å². The van der Waals surface area contributed by atoms with Crippen LogP contribution in [0.2, 0.25) is 0 Å². The van der Waals surface area contributed by atoms with Crippen molar-refractivity contribution in [1.82, 2.24) is 25.5 Å². The first-order valence-corrected chi connectivity index (χ1v) is 10.8. The van der Waals surface area contributed by atoms with Crippen LogP contribution in [0.1, 0.15) is 45.6 Å². The fraction of sp³-hybridized carbons (Fsp3) is 0.375. The smallest absolute Gasteiger partial charge is 0.548 e. The number of unbranched alkanes of at least 4 members (excludes halogenated alkanes) is 1. The monoisotopic (exact) mass is 456 g/mol. The van der Waals surface area contributed by atoms with E-state index in [4.69, 9.17) is 0 Å². The molecule has 0 fully saturated rings. The third kappa shape index (κ3) is 6.72. The van der Waals surface area contributed by atoms with Gasteiger partial charge in [-0.25, -0.2) is 0 Å². The maximum atomic E-state index is 12.8. The number of rotatable bonds is 10. The second kappa shape index (κ2) is 12.6. The fourth-order valence-corrected chi connectivity index (χ4v) is 3.74. The van der Waals surface area contributed by atoms with E-state index in [-0.39, 0.29) is 47.9 Å². The van der Waals surface area contributed by atoms with Crippen LogP contribution >= 0.6 is 0 Å². The Labute approximate surface area is 216 Å². The number of aliphatic carboxylic acids is 1. The van der Waals surface area contributed by atoms with Crippen molar-refractivity contribution in [2.24, 2.45) is 5.92 Å². The minimum atomic E-state index is -1.23. The van der Waals surface area contributed by atoms with Crippen LogP contribution in [0.5, 0.6) is 0 Å². The number of carboxylic acid groups (broad SMARTS) is 1. The first kappa shape index (κ1) is 26.7. The number of aromatic nitrogens is 4. The zero-order valence-electron chi connectivity index (χ0n) is 19.6. The Hall–Kier alpha value is -2.55. The van der Waals surface area contributed by atoms with Crippen LogP contribution in [0.25, 0.3) is 22.5 Å². The summed E-state index contributed by atoms with van der Waals surface area (Å²) < 4.78 is 0. The van der Waals surface area contributed by atoms with E-state index in [1.54, 1.807) is 13.8 Å². The molecule has 3 aromatic rings. The van der Waals surface area contributed by atoms with Crippen molar-refractivity contribution in [3.05, 3.63) is 54.1 Å². The van der Waals surface area contributed by atoms with Crippen LogP contribution in [0.3, 0.4) is 0 Å². The molecule has 0 saturated heterocycles. The summed E-state index contributed by atoms with van der Waals surface area (Å²) >= 11 is 0. The molecule has 1 aromatic heterocycles. The Morgan fingerprint density at radius 1 is 1.06 bits per heavy atom. The van der Waals surface area contributed by atoms with Crippen molar-refractivity contribution in [3.8, 4) is 22.5 Å². The number of nitrogens with zero attached hydrogens (tertiary/aromatic N) is 5. The molecule has 0 unspecified atom stereocenters. The molecule has 0 aliphatic rings. The third-order valence-electron chi connectivity index (χ3n) is 5.38. The van der Waals surface area contributed by atoms with Gasteiger partial charge in [0.15, 0.2) is 0 Å². The summed E-state index contributed by atoms with van der Waals surface area (Å²) in [5, 5.41) is 26.8. The molecule has 0 aliphatic heterocycles. The Kier molecular flexibility index (Phi) is 10.2. The molecule has 0 aliphatic carbocycles. The number of hydrogen-bond acceptors (Lipinski definition) is 6. The Morgan fingerprint density at radius 2 is 1.73 bits per heavy atom. The number of carboxylic acids is 1. The van der Waals surface area contributed by atoms with Crippen LogP contribution in [0, 0.1) is 5.92 Å². The molecule has 1 atom stereocenters. The Bertz CT molecular complexity index is 1040. The van der Waals surface area contributed by atoms with E-state index in [1.165, 1.54) is 4.90 Å². The Balaban J connectivity index is 0.00000385. The number of carbonyl (C=O) groups is 2. The molecule has 2 aromatic carbocycles. The van der Waals surface area contributed by atoms with Gasteiger partial charge >= 0.3 is 29.6 Å². The maximum Gasteiger partial charge on any atom is 1.00 e. The summed E-state index contributed by atoms with van der Waals surface area (Å²) in [5.74, 6) is -1.21. The van der Waals surface area contributed by atoms with Crippen LogP contribution < -0.4 is 39.8 Å². The van der Waals surface area contributed by atoms with Crippen LogP contribution in [-0.2, 0) is 16.1 Å². The third-order valence-corrected chi connectivity index (χ3v) is 5.38. The van der Waals surface area contributed by atoms with Crippen molar-refractivity contribution in [3.63, 3.8) is 0 Å². The molecule has 8 nitrogen and oxygen atoms in total. The minimum absolute atomic E-state index is 0. The first-order valence-electron chi connectivity index (χ1n) is 10.8. The van der Waals surface area contributed by atoms with E-state index < -0.39 is 12.0 Å². The predicted octanol–water partition coefficient (Wildman–Crippen LogP) is -0.540. The summed E-state index contributed by atoms with van der Waals surface area (Å²) in [4.78, 5) is 26.1. The molecule has 0 bridgehead atoms. The van der Waals surface area contributed by atoms with Gasteiger partial charge in [-0.2, -0.15) is 5.21 Å². The van der Waals surface area contributed by atoms with Gasteiger partial charge in [0, 0.05) is 18.8 Å². The van der Waals surface area contributed by atoms with E-state index in [2.05, 4.69) is 20.6 Å². The van der Waals surface area contributed by atoms with Gasteiger partial charge in [-0.1, -0.05) is 75.7 Å². The quantitative estimate of drug-likeness (QED) is 0.377. The normalized spacial score (nSPS) is 11.6. The van der Waals surface area contributed by atoms with Crippen molar-refractivity contribution in [2.75, 3.05) is 0 Å². The molecule has 0 radical (unpaired) electrons. The molecule has 168 valence electrons. The van der Waals surface area contributed by atoms with Crippen LogP contribution in [0.15, 0.2) is 48.5 Å². The largest absolute Gasteiger partial charge is 1.00 e. The molecular weight excluding hydrogens is 429 g/mol. The molecule has 1 heterocycles. The average Bonchev–Trinajstić information content (AvgIpc) is 3.32. The van der Waals surface area contributed by atoms with Gasteiger partial charge in [0.1, 0.15) is 0 Å². The maximum absolute atomic E-state index is 12.8. The standard InChI is InChI=1S/C24H29N5O3.Na/c1-4-5-10-21(30)29(22(16(2)3)24(31)32)15-17-11-13-18(14-12-17)19-8-6-7-9-20(19)23-25-27-28-26-23;/h6-9,11-14,16,22H,4-5,10,15H2,1-3H3,(H2,25,26,27,28,31,32);/q;+1/p-2/t22-;/m0./s1. The zero-order valence-corrected chi connectivity index (χ0v) is 21.6. The average molecular weight is 457 g/mol. The van der Waals surface area contributed by atoms with E-state index in [0.29, 0.717) is 12.2 Å². The molecule has 3 rings (SSSR count). The SMILES string of the molecule is CCCCC(=O)N(Cc1ccc(-c2ccccc2-c2nnn[n-]2)cc1)[C@H](C(=O)[O-])C(C)C.[Na+].